The summed E-state index contributed by atoms with van der Waals surface area (Å²) in [6.07, 6.45) is 3.91. The predicted molar refractivity (Wildman–Crippen MR) is 155 cm³/mol. The first kappa shape index (κ1) is 21.6. The van der Waals surface area contributed by atoms with Gasteiger partial charge in [-0.25, -0.2) is 0 Å². The average Bonchev–Trinajstić information content (AvgIpc) is 3.14. The van der Waals surface area contributed by atoms with Crippen LogP contribution >= 0.6 is 0 Å². The number of nitrogens with zero attached hydrogens (tertiary/aromatic N) is 2. The molecule has 0 atom stereocenters. The van der Waals surface area contributed by atoms with Crippen molar-refractivity contribution in [3.8, 4) is 22.4 Å². The minimum Gasteiger partial charge on any atom is -0.310 e. The molecule has 0 fully saturated rings. The van der Waals surface area contributed by atoms with E-state index < -0.39 is 0 Å². The molecule has 0 spiro atoms. The molecule has 1 aromatic heterocycles. The van der Waals surface area contributed by atoms with Gasteiger partial charge in [0.05, 0.1) is 5.69 Å². The summed E-state index contributed by atoms with van der Waals surface area (Å²) in [6.45, 7) is 0. The van der Waals surface area contributed by atoms with Crippen LogP contribution in [0.4, 0.5) is 17.1 Å². The van der Waals surface area contributed by atoms with Crippen LogP contribution in [0.3, 0.4) is 0 Å². The molecule has 0 saturated heterocycles. The van der Waals surface area contributed by atoms with Crippen LogP contribution in [0.2, 0.25) is 0 Å². The molecule has 0 N–H and O–H groups in total. The fourth-order valence-corrected chi connectivity index (χ4v) is 5.56. The van der Waals surface area contributed by atoms with E-state index in [1.807, 2.05) is 12.3 Å². The second-order valence-electron chi connectivity index (χ2n) is 9.60. The Balaban J connectivity index is 1.47. The molecule has 0 radical (unpaired) electrons. The fraction of sp³-hybridized carbons (Fsp3) is 0.0571. The van der Waals surface area contributed by atoms with Gasteiger partial charge in [-0.1, -0.05) is 91.0 Å². The zero-order chi connectivity index (χ0) is 24.6. The highest BCUT2D eigenvalue weighted by atomic mass is 15.1. The molecule has 2 heterocycles. The Labute approximate surface area is 217 Å². The van der Waals surface area contributed by atoms with E-state index in [9.17, 15) is 0 Å². The van der Waals surface area contributed by atoms with Gasteiger partial charge in [0.2, 0.25) is 0 Å². The van der Waals surface area contributed by atoms with Crippen LogP contribution in [0.5, 0.6) is 0 Å². The number of fused-ring (bicyclic) bond motifs is 3. The molecular weight excluding hydrogens is 448 g/mol. The number of pyridine rings is 1. The number of para-hydroxylation sites is 1. The van der Waals surface area contributed by atoms with Crippen LogP contribution in [-0.2, 0) is 12.8 Å². The zero-order valence-corrected chi connectivity index (χ0v) is 20.5. The van der Waals surface area contributed by atoms with Gasteiger partial charge in [-0.15, -0.1) is 0 Å². The Morgan fingerprint density at radius 2 is 1.35 bits per heavy atom. The third-order valence-corrected chi connectivity index (χ3v) is 7.39. The van der Waals surface area contributed by atoms with Gasteiger partial charge in [0, 0.05) is 28.8 Å². The molecule has 0 saturated carbocycles. The lowest BCUT2D eigenvalue weighted by atomic mass is 9.98. The number of benzene rings is 5. The number of aryl methyl sites for hydroxylation is 2. The van der Waals surface area contributed by atoms with Crippen molar-refractivity contribution in [1.29, 1.82) is 0 Å². The Hall–Kier alpha value is -4.69. The van der Waals surface area contributed by atoms with E-state index in [0.29, 0.717) is 0 Å². The van der Waals surface area contributed by atoms with Crippen LogP contribution in [0.15, 0.2) is 134 Å². The lowest BCUT2D eigenvalue weighted by Crippen LogP contribution is -2.12. The Morgan fingerprint density at radius 3 is 2.22 bits per heavy atom. The maximum atomic E-state index is 4.66. The Kier molecular flexibility index (Phi) is 5.29. The van der Waals surface area contributed by atoms with Gasteiger partial charge in [-0.3, -0.25) is 4.98 Å². The molecule has 2 nitrogen and oxygen atoms in total. The minimum absolute atomic E-state index is 0.994. The quantitative estimate of drug-likeness (QED) is 0.254. The summed E-state index contributed by atoms with van der Waals surface area (Å²) in [4.78, 5) is 7.12. The second-order valence-corrected chi connectivity index (χ2v) is 9.60. The number of rotatable bonds is 3. The highest BCUT2D eigenvalue weighted by molar-refractivity contribution is 5.99. The van der Waals surface area contributed by atoms with Crippen molar-refractivity contribution in [2.45, 2.75) is 12.8 Å². The highest BCUT2D eigenvalue weighted by Crippen LogP contribution is 2.44. The monoisotopic (exact) mass is 474 g/mol. The minimum atomic E-state index is 0.994. The van der Waals surface area contributed by atoms with Gasteiger partial charge in [0.1, 0.15) is 0 Å². The van der Waals surface area contributed by atoms with Gasteiger partial charge < -0.3 is 4.90 Å². The third-order valence-electron chi connectivity index (χ3n) is 7.39. The average molecular weight is 475 g/mol. The van der Waals surface area contributed by atoms with Gasteiger partial charge in [0.15, 0.2) is 0 Å². The van der Waals surface area contributed by atoms with Crippen LogP contribution < -0.4 is 4.90 Å². The maximum Gasteiger partial charge on any atom is 0.0708 e. The van der Waals surface area contributed by atoms with Crippen molar-refractivity contribution >= 4 is 27.8 Å². The molecule has 0 amide bonds. The Bertz CT molecular complexity index is 1720. The van der Waals surface area contributed by atoms with Crippen LogP contribution in [-0.4, -0.2) is 4.98 Å². The molecule has 6 aromatic rings. The second kappa shape index (κ2) is 9.07. The van der Waals surface area contributed by atoms with E-state index in [2.05, 4.69) is 131 Å². The summed E-state index contributed by atoms with van der Waals surface area (Å²) in [7, 11) is 0. The lowest BCUT2D eigenvalue weighted by Gasteiger charge is -2.28. The number of anilines is 3. The fourth-order valence-electron chi connectivity index (χ4n) is 5.56. The van der Waals surface area contributed by atoms with Crippen LogP contribution in [0.25, 0.3) is 33.2 Å². The summed E-state index contributed by atoms with van der Waals surface area (Å²) in [5, 5.41) is 2.43. The van der Waals surface area contributed by atoms with E-state index in [1.165, 1.54) is 44.4 Å². The summed E-state index contributed by atoms with van der Waals surface area (Å²) in [6, 6.07) is 45.9. The van der Waals surface area contributed by atoms with Crippen molar-refractivity contribution < 1.29 is 0 Å². The number of aromatic nitrogens is 1. The normalized spacial score (nSPS) is 12.6. The van der Waals surface area contributed by atoms with Crippen molar-refractivity contribution in [2.75, 3.05) is 4.90 Å². The lowest BCUT2D eigenvalue weighted by molar-refractivity contribution is 0.978. The van der Waals surface area contributed by atoms with Gasteiger partial charge in [-0.2, -0.15) is 0 Å². The van der Waals surface area contributed by atoms with Gasteiger partial charge in [0.25, 0.3) is 0 Å². The third kappa shape index (κ3) is 3.88. The predicted octanol–water partition coefficient (Wildman–Crippen LogP) is 9.14. The van der Waals surface area contributed by atoms with E-state index in [1.54, 1.807) is 0 Å². The van der Waals surface area contributed by atoms with Gasteiger partial charge in [-0.05, 0) is 82.3 Å². The molecule has 0 unspecified atom stereocenters. The van der Waals surface area contributed by atoms with Crippen molar-refractivity contribution in [3.05, 3.63) is 145 Å². The van der Waals surface area contributed by atoms with Crippen LogP contribution in [0, 0.1) is 0 Å². The van der Waals surface area contributed by atoms with Crippen molar-refractivity contribution in [2.24, 2.45) is 0 Å². The van der Waals surface area contributed by atoms with Crippen LogP contribution in [0.1, 0.15) is 11.1 Å². The first-order valence-electron chi connectivity index (χ1n) is 12.9. The van der Waals surface area contributed by atoms with Crippen molar-refractivity contribution in [1.82, 2.24) is 4.98 Å². The standard InChI is InChI=1S/C35H26N2/c1-2-9-25(10-3-1)29-19-18-28-17-16-27-11-4-5-15-34(27)37(35(28)23-29)30-21-20-26-12-8-13-31(32(26)24-30)33-14-6-7-22-36-33/h1-15,18-24H,16-17H2. The van der Waals surface area contributed by atoms with Crippen molar-refractivity contribution in [3.63, 3.8) is 0 Å². The molecule has 5 aromatic carbocycles. The highest BCUT2D eigenvalue weighted by Gasteiger charge is 2.23. The number of hydrogen-bond donors (Lipinski definition) is 0. The molecule has 7 rings (SSSR count). The SMILES string of the molecule is c1ccc(-c2ccc3c(c2)N(c2ccc4cccc(-c5ccccn5)c4c2)c2ccccc2CC3)cc1. The van der Waals surface area contributed by atoms with E-state index >= 15 is 0 Å². The first-order valence-corrected chi connectivity index (χ1v) is 12.9. The molecule has 1 aliphatic rings. The summed E-state index contributed by atoms with van der Waals surface area (Å²) in [5.74, 6) is 0. The molecule has 0 aliphatic carbocycles. The molecular formula is C35H26N2. The van der Waals surface area contributed by atoms with E-state index in [0.717, 1.165) is 29.8 Å². The zero-order valence-electron chi connectivity index (χ0n) is 20.5. The van der Waals surface area contributed by atoms with Gasteiger partial charge >= 0.3 is 0 Å². The maximum absolute atomic E-state index is 4.66. The molecule has 2 heteroatoms. The topological polar surface area (TPSA) is 16.1 Å². The largest absolute Gasteiger partial charge is 0.310 e. The van der Waals surface area contributed by atoms with E-state index in [4.69, 9.17) is 0 Å². The molecule has 1 aliphatic heterocycles. The first-order chi connectivity index (χ1) is 18.3. The molecule has 0 bridgehead atoms. The molecule has 37 heavy (non-hydrogen) atoms. The smallest absolute Gasteiger partial charge is 0.0708 e. The number of hydrogen-bond acceptors (Lipinski definition) is 2. The summed E-state index contributed by atoms with van der Waals surface area (Å²) >= 11 is 0. The van der Waals surface area contributed by atoms with E-state index in [-0.39, 0.29) is 0 Å². The summed E-state index contributed by atoms with van der Waals surface area (Å²) < 4.78 is 0. The summed E-state index contributed by atoms with van der Waals surface area (Å²) in [5.41, 5.74) is 11.0. The molecule has 176 valence electrons. The Morgan fingerprint density at radius 1 is 0.541 bits per heavy atom.